The maximum atomic E-state index is 12.9. The molecule has 0 saturated heterocycles. The van der Waals surface area contributed by atoms with Crippen molar-refractivity contribution in [3.05, 3.63) is 35.7 Å². The molecule has 4 heteroatoms. The second kappa shape index (κ2) is 6.06. The van der Waals surface area contributed by atoms with Crippen LogP contribution in [0.25, 0.3) is 5.57 Å². The van der Waals surface area contributed by atoms with Crippen molar-refractivity contribution in [2.75, 3.05) is 5.73 Å². The van der Waals surface area contributed by atoms with E-state index in [1.165, 1.54) is 12.1 Å². The first-order valence-corrected chi connectivity index (χ1v) is 5.20. The second-order valence-corrected chi connectivity index (χ2v) is 2.96. The first kappa shape index (κ1) is 13.5. The van der Waals surface area contributed by atoms with Crippen LogP contribution in [0.5, 0.6) is 0 Å². The number of benzene rings is 1. The number of nitrogens with two attached hydrogens (primary N) is 1. The fourth-order valence-corrected chi connectivity index (χ4v) is 1.11. The average Bonchev–Trinajstić information content (AvgIpc) is 2.14. The number of hydrogen-bond donors (Lipinski definition) is 1. The molecule has 0 spiro atoms. The van der Waals surface area contributed by atoms with Crippen LogP contribution in [0.4, 0.5) is 10.1 Å². The third kappa shape index (κ3) is 3.33. The number of halogens is 2. The van der Waals surface area contributed by atoms with Gasteiger partial charge in [0.05, 0.1) is 0 Å². The van der Waals surface area contributed by atoms with Crippen LogP contribution in [0.2, 0.25) is 0 Å². The molecule has 2 radical (unpaired) electrons. The van der Waals surface area contributed by atoms with Gasteiger partial charge >= 0.3 is 0 Å². The Balaban J connectivity index is 0.000000791. The number of nitrogen functional groups attached to an aromatic ring is 1. The van der Waals surface area contributed by atoms with Gasteiger partial charge in [-0.25, -0.2) is 4.39 Å². The van der Waals surface area contributed by atoms with Crippen LogP contribution in [0.15, 0.2) is 18.7 Å². The Labute approximate surface area is 98.9 Å². The molecule has 1 aromatic carbocycles. The first-order valence-electron chi connectivity index (χ1n) is 3.95. The van der Waals surface area contributed by atoms with Crippen molar-refractivity contribution < 1.29 is 4.39 Å². The molecule has 0 bridgehead atoms. The molecule has 14 heavy (non-hydrogen) atoms. The highest BCUT2D eigenvalue weighted by atomic mass is 127. The molecule has 0 atom stereocenters. The van der Waals surface area contributed by atoms with E-state index in [0.717, 1.165) is 11.1 Å². The topological polar surface area (TPSA) is 26.0 Å². The smallest absolute Gasteiger partial charge is 0.169 e. The molecule has 0 saturated carbocycles. The first-order chi connectivity index (χ1) is 6.52. The normalized spacial score (nSPS) is 8.86. The number of rotatable bonds is 1. The standard InChI is InChI=1S/C10H12FN.BI/c1-6(2)9-5-8(11)4-7(3)10(9)12;1-2/h4-5H,1,12H2,2-3H3;. The Kier molecular flexibility index (Phi) is 5.84. The Hall–Kier alpha value is -0.515. The zero-order valence-corrected chi connectivity index (χ0v) is 10.4. The molecule has 1 aromatic rings. The summed E-state index contributed by atoms with van der Waals surface area (Å²) in [5.41, 5.74) is 13.1. The van der Waals surface area contributed by atoms with E-state index in [4.69, 9.17) is 5.73 Å². The van der Waals surface area contributed by atoms with Crippen LogP contribution in [0.1, 0.15) is 18.1 Å². The van der Waals surface area contributed by atoms with Crippen molar-refractivity contribution in [3.63, 3.8) is 0 Å². The van der Waals surface area contributed by atoms with E-state index >= 15 is 0 Å². The highest BCUT2D eigenvalue weighted by Crippen LogP contribution is 2.24. The fourth-order valence-electron chi connectivity index (χ4n) is 1.11. The number of hydrogen-bond acceptors (Lipinski definition) is 1. The third-order valence-corrected chi connectivity index (χ3v) is 1.81. The van der Waals surface area contributed by atoms with Crippen molar-refractivity contribution in [2.45, 2.75) is 13.8 Å². The van der Waals surface area contributed by atoms with E-state index < -0.39 is 0 Å². The van der Waals surface area contributed by atoms with Gasteiger partial charge in [-0.05, 0) is 37.1 Å². The van der Waals surface area contributed by atoms with Crippen molar-refractivity contribution in [1.29, 1.82) is 0 Å². The molecule has 0 unspecified atom stereocenters. The van der Waals surface area contributed by atoms with Crippen molar-refractivity contribution >= 4 is 39.3 Å². The molecule has 0 amide bonds. The summed E-state index contributed by atoms with van der Waals surface area (Å²) in [6.07, 6.45) is 0. The summed E-state index contributed by atoms with van der Waals surface area (Å²) in [4.78, 5) is 0. The zero-order chi connectivity index (χ0) is 11.3. The van der Waals surface area contributed by atoms with Crippen LogP contribution < -0.4 is 5.73 Å². The quantitative estimate of drug-likeness (QED) is 0.481. The van der Waals surface area contributed by atoms with Crippen LogP contribution in [0, 0.1) is 12.7 Å². The summed E-state index contributed by atoms with van der Waals surface area (Å²) in [5, 5.41) is 0. The van der Waals surface area contributed by atoms with Crippen LogP contribution in [-0.2, 0) is 0 Å². The van der Waals surface area contributed by atoms with Crippen molar-refractivity contribution in [3.8, 4) is 0 Å². The highest BCUT2D eigenvalue weighted by molar-refractivity contribution is 14.1. The molecule has 0 aliphatic heterocycles. The monoisotopic (exact) mass is 303 g/mol. The van der Waals surface area contributed by atoms with Gasteiger partial charge in [-0.1, -0.05) is 6.58 Å². The van der Waals surface area contributed by atoms with E-state index in [9.17, 15) is 4.39 Å². The predicted octanol–water partition coefficient (Wildman–Crippen LogP) is 3.25. The lowest BCUT2D eigenvalue weighted by Crippen LogP contribution is -1.96. The lowest BCUT2D eigenvalue weighted by Gasteiger charge is -2.07. The molecule has 2 N–H and O–H groups in total. The average molecular weight is 303 g/mol. The molecule has 0 aliphatic carbocycles. The third-order valence-electron chi connectivity index (χ3n) is 1.81. The van der Waals surface area contributed by atoms with Gasteiger partial charge in [0.15, 0.2) is 5.70 Å². The molecule has 0 fully saturated rings. The maximum absolute atomic E-state index is 12.9. The predicted molar refractivity (Wildman–Crippen MR) is 70.0 cm³/mol. The second-order valence-electron chi connectivity index (χ2n) is 2.96. The highest BCUT2D eigenvalue weighted by Gasteiger charge is 2.04. The lowest BCUT2D eigenvalue weighted by molar-refractivity contribution is 0.626. The summed E-state index contributed by atoms with van der Waals surface area (Å²) < 4.78 is 12.9. The van der Waals surface area contributed by atoms with Crippen LogP contribution in [0.3, 0.4) is 0 Å². The molecule has 0 aliphatic rings. The zero-order valence-electron chi connectivity index (χ0n) is 8.27. The van der Waals surface area contributed by atoms with E-state index in [2.05, 4.69) is 12.3 Å². The minimum atomic E-state index is -0.264. The Morgan fingerprint density at radius 2 is 2.00 bits per heavy atom. The number of aryl methyl sites for hydroxylation is 1. The minimum Gasteiger partial charge on any atom is -0.398 e. The Morgan fingerprint density at radius 1 is 1.50 bits per heavy atom. The SMILES string of the molecule is C=C(C)c1cc(F)cc(C)c1N.[B]I. The summed E-state index contributed by atoms with van der Waals surface area (Å²) in [7, 11) is 0. The van der Waals surface area contributed by atoms with Gasteiger partial charge < -0.3 is 5.73 Å². The largest absolute Gasteiger partial charge is 0.398 e. The van der Waals surface area contributed by atoms with Gasteiger partial charge in [-0.2, -0.15) is 22.4 Å². The maximum Gasteiger partial charge on any atom is 0.169 e. The minimum absolute atomic E-state index is 0.264. The molecule has 74 valence electrons. The molecular weight excluding hydrogens is 291 g/mol. The van der Waals surface area contributed by atoms with E-state index in [-0.39, 0.29) is 5.82 Å². The Morgan fingerprint density at radius 3 is 2.43 bits per heavy atom. The van der Waals surface area contributed by atoms with Crippen molar-refractivity contribution in [1.82, 2.24) is 0 Å². The van der Waals surface area contributed by atoms with Gasteiger partial charge in [-0.3, -0.25) is 0 Å². The number of allylic oxidation sites excluding steroid dienone is 1. The van der Waals surface area contributed by atoms with Gasteiger partial charge in [-0.15, -0.1) is 0 Å². The summed E-state index contributed by atoms with van der Waals surface area (Å²) >= 11 is 1.65. The molecule has 0 heterocycles. The fraction of sp³-hybridized carbons (Fsp3) is 0.200. The van der Waals surface area contributed by atoms with E-state index in [1.807, 2.05) is 6.92 Å². The lowest BCUT2D eigenvalue weighted by atomic mass is 10.0. The summed E-state index contributed by atoms with van der Waals surface area (Å²) in [6.45, 7) is 7.31. The van der Waals surface area contributed by atoms with Gasteiger partial charge in [0.1, 0.15) is 5.82 Å². The van der Waals surface area contributed by atoms with Crippen LogP contribution in [-0.4, -0.2) is 5.70 Å². The van der Waals surface area contributed by atoms with E-state index in [1.54, 1.807) is 29.3 Å². The molecule has 1 nitrogen and oxygen atoms in total. The van der Waals surface area contributed by atoms with E-state index in [0.29, 0.717) is 11.3 Å². The molecule has 1 rings (SSSR count). The summed E-state index contributed by atoms with van der Waals surface area (Å²) in [6, 6.07) is 2.83. The molecular formula is C10H12BFIN. The van der Waals surface area contributed by atoms with Crippen LogP contribution >= 0.6 is 22.4 Å². The van der Waals surface area contributed by atoms with Gasteiger partial charge in [0.25, 0.3) is 0 Å². The molecule has 0 aromatic heterocycles. The van der Waals surface area contributed by atoms with Gasteiger partial charge in [0.2, 0.25) is 0 Å². The van der Waals surface area contributed by atoms with Crippen molar-refractivity contribution in [2.24, 2.45) is 0 Å². The summed E-state index contributed by atoms with van der Waals surface area (Å²) in [5.74, 6) is -0.264. The van der Waals surface area contributed by atoms with Gasteiger partial charge in [0, 0.05) is 11.3 Å². The Bertz CT molecular complexity index is 339. The number of anilines is 1.